The smallest absolute Gasteiger partial charge is 0.220 e. The Morgan fingerprint density at radius 3 is 1.10 bits per heavy atom. The molecule has 12 heteroatoms. The topological polar surface area (TPSA) is 168 Å². The van der Waals surface area contributed by atoms with Crippen molar-refractivity contribution in [3.8, 4) is 0 Å². The van der Waals surface area contributed by atoms with Crippen molar-refractivity contribution in [2.45, 2.75) is 261 Å². The van der Waals surface area contributed by atoms with E-state index in [0.29, 0.717) is 61.6 Å². The largest absolute Gasteiger partial charge is 0.356 e. The van der Waals surface area contributed by atoms with Gasteiger partial charge in [0.25, 0.3) is 0 Å². The van der Waals surface area contributed by atoms with E-state index in [1.165, 1.54) is 170 Å². The fraction of sp³-hybridized carbons (Fsp3) is 0.680. The summed E-state index contributed by atoms with van der Waals surface area (Å²) in [5.74, 6) is 13.4. The van der Waals surface area contributed by atoms with Gasteiger partial charge in [-0.3, -0.25) is 39.1 Å². The molecule has 8 saturated carbocycles. The molecule has 0 spiro atoms. The quantitative estimate of drug-likeness (QED) is 0.157. The fourth-order valence-corrected chi connectivity index (χ4v) is 31.1. The maximum Gasteiger partial charge on any atom is 0.220 e. The van der Waals surface area contributed by atoms with Crippen LogP contribution in [0.1, 0.15) is 283 Å². The zero-order valence-corrected chi connectivity index (χ0v) is 69.7. The summed E-state index contributed by atoms with van der Waals surface area (Å²) in [6.45, 7) is 23.9. The average molecular weight is 1510 g/mol. The van der Waals surface area contributed by atoms with Gasteiger partial charge in [0, 0.05) is 101 Å². The number of hydrogen-bond donors (Lipinski definition) is 4. The molecule has 112 heavy (non-hydrogen) atoms. The van der Waals surface area contributed by atoms with Gasteiger partial charge in [-0.2, -0.15) is 0 Å². The van der Waals surface area contributed by atoms with E-state index in [2.05, 4.69) is 194 Å². The first-order valence-electron chi connectivity index (χ1n) is 45.6. The van der Waals surface area contributed by atoms with Gasteiger partial charge in [0.15, 0.2) is 0 Å². The van der Waals surface area contributed by atoms with Crippen LogP contribution in [0.4, 0.5) is 0 Å². The summed E-state index contributed by atoms with van der Waals surface area (Å²) in [5.41, 5.74) is 14.2. The first-order valence-corrected chi connectivity index (χ1v) is 45.6. The van der Waals surface area contributed by atoms with Crippen LogP contribution in [-0.4, -0.2) is 69.7 Å². The van der Waals surface area contributed by atoms with Crippen molar-refractivity contribution in [2.75, 3.05) is 26.2 Å². The number of fused-ring (bicyclic) bond motifs is 20. The van der Waals surface area contributed by atoms with Crippen LogP contribution in [0.5, 0.6) is 0 Å². The van der Waals surface area contributed by atoms with Crippen molar-refractivity contribution in [1.82, 2.24) is 41.2 Å². The van der Waals surface area contributed by atoms with Crippen LogP contribution in [0.3, 0.4) is 0 Å². The summed E-state index contributed by atoms with van der Waals surface area (Å²) in [7, 11) is 0. The van der Waals surface area contributed by atoms with Gasteiger partial charge in [-0.25, -0.2) is 0 Å². The molecule has 4 saturated heterocycles. The summed E-state index contributed by atoms with van der Waals surface area (Å²) in [5, 5.41) is 12.6. The zero-order valence-electron chi connectivity index (χ0n) is 69.7. The fourth-order valence-electron chi connectivity index (χ4n) is 31.1. The molecule has 0 bridgehead atoms. The minimum atomic E-state index is 0.265. The van der Waals surface area contributed by atoms with Gasteiger partial charge >= 0.3 is 0 Å². The molecular formula is C100H136N8O4. The number of carbonyl (C=O) groups excluding carboxylic acids is 4. The Kier molecular flexibility index (Phi) is 21.7. The van der Waals surface area contributed by atoms with Crippen LogP contribution in [0.2, 0.25) is 0 Å². The second kappa shape index (κ2) is 31.1. The van der Waals surface area contributed by atoms with Gasteiger partial charge in [-0.15, -0.1) is 0 Å². The highest BCUT2D eigenvalue weighted by molar-refractivity contribution is 5.79. The molecule has 8 heterocycles. The van der Waals surface area contributed by atoms with E-state index in [1.807, 2.05) is 24.8 Å². The SMILES string of the molecule is C[C@]12CCC(=O)NCC[C@@H]1CC[C@@H]1[C@@H]2CC[C@]2(C)C(c3cccnc3)=CC[C@@H]12.C[C@]12CCCC(=O)NC[C@@H]1CC[C@@H]1[C@@H]2CC[C@]2(C)C(c3cccnc3)=CC[C@@H]12.C[C@]12CCCNC(=O)C[C@@H]1CC[C@@H]1[C@@H]2CC[C@]2(C)C(c3cccnc3)=CC[C@@H]12.C[C@]12CCNC(=O)CC[C@@H]1CC[C@@H]1[C@@H]2CC[C@]2(C)C(c3cccnc3)=CC[C@@H]12. The third-order valence-corrected chi connectivity index (χ3v) is 37.2. The van der Waals surface area contributed by atoms with E-state index in [0.717, 1.165) is 160 Å². The Morgan fingerprint density at radius 2 is 0.661 bits per heavy atom. The van der Waals surface area contributed by atoms with E-state index in [1.54, 1.807) is 22.3 Å². The van der Waals surface area contributed by atoms with Crippen molar-refractivity contribution < 1.29 is 19.2 Å². The molecule has 4 aromatic rings. The standard InChI is InChI=1S/4C25H34N2O/c1-24-12-3-6-23(28)27-16-18(24)7-8-19-21-10-9-20(17-5-4-14-26-15-17)25(21,2)13-11-22(19)24;1-24-11-4-14-27-23(28)15-18(24)6-7-19-21-9-8-20(17-5-3-13-26-16-17)25(21,2)12-10-22(19)24;1-24-13-15-27-23(28)10-6-18(24)5-7-19-21-9-8-20(17-4-3-14-26-16-17)25(21,2)12-11-22(19)24;1-24-13-10-23(28)27-15-11-18(24)5-6-19-21-8-7-20(17-4-3-14-26-16-17)25(21,2)12-9-22(19)24/h4-5,9,14-15,18-19,21-22H,3,6-8,10-13,16H2,1-2H3,(H,27,28);3,5,8,13,16,18-19,21-22H,4,6-7,9-12,14-15H2,1-2H3,(H,27,28);3-4,8,14,16,18-19,21-22H,5-7,9-13,15H2,1-2H3,(H,27,28);3-4,7,14,16,18-19,21-22H,5-6,8-13,15H2,1-2H3,(H,27,28)/t4*18-,19-,21-,22-,24-,25+/m0000/s1. The maximum atomic E-state index is 12.3. The van der Waals surface area contributed by atoms with Crippen molar-refractivity contribution >= 4 is 45.9 Å². The van der Waals surface area contributed by atoms with Crippen LogP contribution in [-0.2, 0) is 19.2 Å². The number of rotatable bonds is 4. The first-order chi connectivity index (χ1) is 54.1. The lowest BCUT2D eigenvalue weighted by Crippen LogP contribution is -2.54. The highest BCUT2D eigenvalue weighted by Crippen LogP contribution is 2.72. The van der Waals surface area contributed by atoms with E-state index < -0.39 is 0 Å². The Labute approximate surface area is 672 Å². The number of hydrogen-bond acceptors (Lipinski definition) is 8. The Hall–Kier alpha value is -6.56. The Balaban J connectivity index is 0.000000108. The molecule has 4 aliphatic heterocycles. The van der Waals surface area contributed by atoms with Crippen LogP contribution in [0, 0.1) is 138 Å². The van der Waals surface area contributed by atoms with Crippen LogP contribution >= 0.6 is 0 Å². The molecule has 12 nitrogen and oxygen atoms in total. The van der Waals surface area contributed by atoms with Gasteiger partial charge in [0.2, 0.25) is 23.6 Å². The Morgan fingerprint density at radius 1 is 0.304 bits per heavy atom. The number of aromatic nitrogens is 4. The number of amides is 4. The maximum absolute atomic E-state index is 12.3. The number of nitrogens with zero attached hydrogens (tertiary/aromatic N) is 4. The van der Waals surface area contributed by atoms with E-state index in [4.69, 9.17) is 0 Å². The normalized spacial score (nSPS) is 42.9. The average Bonchev–Trinajstić information content (AvgIpc) is 1.46. The number of carbonyl (C=O) groups is 4. The van der Waals surface area contributed by atoms with Crippen molar-refractivity contribution in [3.05, 3.63) is 145 Å². The van der Waals surface area contributed by atoms with Crippen molar-refractivity contribution in [2.24, 2.45) is 138 Å². The molecule has 12 aliphatic carbocycles. The van der Waals surface area contributed by atoms with Crippen molar-refractivity contribution in [1.29, 1.82) is 0 Å². The number of nitrogens with one attached hydrogen (secondary N) is 4. The first kappa shape index (κ1) is 78.0. The summed E-state index contributed by atoms with van der Waals surface area (Å²) in [6, 6.07) is 17.3. The molecule has 4 aromatic heterocycles. The lowest BCUT2D eigenvalue weighted by atomic mass is 9.45. The van der Waals surface area contributed by atoms with Crippen LogP contribution in [0.25, 0.3) is 22.3 Å². The molecule has 24 atom stereocenters. The molecule has 4 amide bonds. The molecule has 12 fully saturated rings. The molecule has 0 unspecified atom stereocenters. The summed E-state index contributed by atoms with van der Waals surface area (Å²) < 4.78 is 0. The van der Waals surface area contributed by atoms with Gasteiger partial charge in [0.1, 0.15) is 0 Å². The van der Waals surface area contributed by atoms with E-state index >= 15 is 0 Å². The van der Waals surface area contributed by atoms with Crippen molar-refractivity contribution in [3.63, 3.8) is 0 Å². The lowest BCUT2D eigenvalue weighted by Gasteiger charge is -2.59. The number of allylic oxidation sites excluding steroid dienone is 8. The third-order valence-electron chi connectivity index (χ3n) is 37.2. The summed E-state index contributed by atoms with van der Waals surface area (Å²) in [4.78, 5) is 65.9. The van der Waals surface area contributed by atoms with Crippen LogP contribution in [0.15, 0.2) is 122 Å². The molecule has 16 aliphatic rings. The van der Waals surface area contributed by atoms with Gasteiger partial charge in [-0.1, -0.05) is 104 Å². The van der Waals surface area contributed by atoms with Crippen LogP contribution < -0.4 is 21.3 Å². The summed E-state index contributed by atoms with van der Waals surface area (Å²) in [6.07, 6.45) is 64.0. The van der Waals surface area contributed by atoms with Gasteiger partial charge in [0.05, 0.1) is 0 Å². The second-order valence-electron chi connectivity index (χ2n) is 41.4. The van der Waals surface area contributed by atoms with E-state index in [-0.39, 0.29) is 23.6 Å². The van der Waals surface area contributed by atoms with Gasteiger partial charge < -0.3 is 21.3 Å². The monoisotopic (exact) mass is 1510 g/mol. The molecule has 0 radical (unpaired) electrons. The minimum absolute atomic E-state index is 0.265. The second-order valence-corrected chi connectivity index (χ2v) is 41.4. The van der Waals surface area contributed by atoms with Gasteiger partial charge in [-0.05, 0) is 387 Å². The predicted octanol–water partition coefficient (Wildman–Crippen LogP) is 20.9. The molecule has 600 valence electrons. The number of pyridine rings is 4. The lowest BCUT2D eigenvalue weighted by molar-refractivity contribution is -0.130. The minimum Gasteiger partial charge on any atom is -0.356 e. The molecule has 0 aromatic carbocycles. The highest BCUT2D eigenvalue weighted by atomic mass is 16.2. The highest BCUT2D eigenvalue weighted by Gasteiger charge is 2.63. The third kappa shape index (κ3) is 13.7. The zero-order chi connectivity index (χ0) is 77.4. The van der Waals surface area contributed by atoms with E-state index in [9.17, 15) is 19.2 Å². The Bertz CT molecular complexity index is 3990. The summed E-state index contributed by atoms with van der Waals surface area (Å²) >= 11 is 0. The molecule has 4 N–H and O–H groups in total. The molecular weight excluding hydrogens is 1380 g/mol. The predicted molar refractivity (Wildman–Crippen MR) is 449 cm³/mol. The molecule has 20 rings (SSSR count).